The van der Waals surface area contributed by atoms with Crippen molar-refractivity contribution in [2.45, 2.75) is 19.3 Å². The second kappa shape index (κ2) is 4.14. The van der Waals surface area contributed by atoms with Crippen molar-refractivity contribution >= 4 is 28.5 Å². The van der Waals surface area contributed by atoms with Crippen LogP contribution in [0.5, 0.6) is 0 Å². The Morgan fingerprint density at radius 2 is 2.38 bits per heavy atom. The van der Waals surface area contributed by atoms with Gasteiger partial charge in [-0.1, -0.05) is 29.7 Å². The molecule has 0 saturated carbocycles. The molecule has 0 saturated heterocycles. The molecular weight excluding hydrogens is 230 g/mol. The van der Waals surface area contributed by atoms with E-state index in [-0.39, 0.29) is 12.3 Å². The number of halogens is 1. The minimum Gasteiger partial charge on any atom is -0.481 e. The number of carboxylic acid groups (broad SMARTS) is 1. The van der Waals surface area contributed by atoms with Crippen molar-refractivity contribution in [2.75, 3.05) is 0 Å². The van der Waals surface area contributed by atoms with Crippen LogP contribution >= 0.6 is 11.6 Å². The highest BCUT2D eigenvalue weighted by molar-refractivity contribution is 6.34. The first-order valence-electron chi connectivity index (χ1n) is 4.84. The summed E-state index contributed by atoms with van der Waals surface area (Å²) in [5.74, 6) is -0.878. The number of benzene rings is 1. The molecule has 1 N–H and O–H groups in total. The van der Waals surface area contributed by atoms with E-state index in [0.717, 1.165) is 10.9 Å². The van der Waals surface area contributed by atoms with Crippen LogP contribution in [0.2, 0.25) is 5.15 Å². The monoisotopic (exact) mass is 239 g/mol. The number of fused-ring (bicyclic) bond motifs is 1. The molecule has 0 aliphatic rings. The average molecular weight is 240 g/mol. The molecular formula is C11H10ClNO3. The van der Waals surface area contributed by atoms with Gasteiger partial charge >= 0.3 is 5.97 Å². The van der Waals surface area contributed by atoms with Crippen LogP contribution in [0.4, 0.5) is 0 Å². The third-order valence-corrected chi connectivity index (χ3v) is 2.77. The van der Waals surface area contributed by atoms with Crippen LogP contribution in [-0.4, -0.2) is 16.2 Å². The van der Waals surface area contributed by atoms with Gasteiger partial charge in [0.15, 0.2) is 10.7 Å². The molecule has 1 aromatic heterocycles. The first kappa shape index (κ1) is 11.0. The number of carbonyl (C=O) groups is 1. The summed E-state index contributed by atoms with van der Waals surface area (Å²) in [5, 5.41) is 13.4. The Balaban J connectivity index is 2.38. The summed E-state index contributed by atoms with van der Waals surface area (Å²) in [6.45, 7) is 1.86. The second-order valence-electron chi connectivity index (χ2n) is 3.73. The average Bonchev–Trinajstić information content (AvgIpc) is 2.59. The van der Waals surface area contributed by atoms with E-state index in [2.05, 4.69) is 5.16 Å². The third-order valence-electron chi connectivity index (χ3n) is 2.50. The lowest BCUT2D eigenvalue weighted by molar-refractivity contribution is -0.137. The smallest absolute Gasteiger partial charge is 0.303 e. The van der Waals surface area contributed by atoms with Gasteiger partial charge in [0.25, 0.3) is 0 Å². The summed E-state index contributed by atoms with van der Waals surface area (Å²) in [6.07, 6.45) is 0.0917. The van der Waals surface area contributed by atoms with Gasteiger partial charge in [0, 0.05) is 0 Å². The molecule has 1 unspecified atom stereocenters. The highest BCUT2D eigenvalue weighted by Crippen LogP contribution is 2.27. The Bertz CT molecular complexity index is 535. The van der Waals surface area contributed by atoms with E-state index in [1.54, 1.807) is 6.07 Å². The zero-order valence-corrected chi connectivity index (χ0v) is 9.36. The van der Waals surface area contributed by atoms with Crippen molar-refractivity contribution in [1.29, 1.82) is 0 Å². The van der Waals surface area contributed by atoms with Crippen molar-refractivity contribution in [2.24, 2.45) is 0 Å². The predicted molar refractivity (Wildman–Crippen MR) is 59.7 cm³/mol. The number of hydrogen-bond donors (Lipinski definition) is 1. The molecule has 0 aliphatic heterocycles. The molecule has 2 aromatic rings. The largest absolute Gasteiger partial charge is 0.481 e. The van der Waals surface area contributed by atoms with Gasteiger partial charge in [0.1, 0.15) is 0 Å². The highest BCUT2D eigenvalue weighted by Gasteiger charge is 2.13. The molecule has 2 rings (SSSR count). The zero-order valence-electron chi connectivity index (χ0n) is 8.61. The summed E-state index contributed by atoms with van der Waals surface area (Å²) in [6, 6.07) is 5.40. The van der Waals surface area contributed by atoms with Crippen molar-refractivity contribution in [3.63, 3.8) is 0 Å². The predicted octanol–water partition coefficient (Wildman–Crippen LogP) is 3.06. The molecule has 0 amide bonds. The van der Waals surface area contributed by atoms with E-state index in [1.165, 1.54) is 0 Å². The van der Waals surface area contributed by atoms with Crippen LogP contribution in [0.25, 0.3) is 11.0 Å². The minimum atomic E-state index is -0.816. The zero-order chi connectivity index (χ0) is 11.7. The van der Waals surface area contributed by atoms with E-state index in [9.17, 15) is 4.79 Å². The van der Waals surface area contributed by atoms with Crippen LogP contribution in [0.1, 0.15) is 24.8 Å². The molecule has 84 valence electrons. The van der Waals surface area contributed by atoms with Gasteiger partial charge in [-0.3, -0.25) is 4.79 Å². The van der Waals surface area contributed by atoms with Gasteiger partial charge < -0.3 is 9.63 Å². The third kappa shape index (κ3) is 2.02. The van der Waals surface area contributed by atoms with E-state index in [0.29, 0.717) is 10.7 Å². The van der Waals surface area contributed by atoms with Crippen LogP contribution < -0.4 is 0 Å². The quantitative estimate of drug-likeness (QED) is 0.894. The topological polar surface area (TPSA) is 63.3 Å². The van der Waals surface area contributed by atoms with Crippen LogP contribution in [-0.2, 0) is 4.79 Å². The fraction of sp³-hybridized carbons (Fsp3) is 0.273. The molecule has 0 spiro atoms. The number of nitrogens with zero attached hydrogens (tertiary/aromatic N) is 1. The number of aliphatic carboxylic acids is 1. The van der Waals surface area contributed by atoms with Crippen molar-refractivity contribution in [1.82, 2.24) is 5.16 Å². The van der Waals surface area contributed by atoms with Gasteiger partial charge in [-0.15, -0.1) is 0 Å². The lowest BCUT2D eigenvalue weighted by Crippen LogP contribution is -2.02. The first-order chi connectivity index (χ1) is 7.58. The Kier molecular flexibility index (Phi) is 2.83. The molecule has 1 atom stereocenters. The Morgan fingerprint density at radius 1 is 1.62 bits per heavy atom. The number of aromatic nitrogens is 1. The molecule has 1 heterocycles. The van der Waals surface area contributed by atoms with Gasteiger partial charge in [0.05, 0.1) is 11.8 Å². The molecule has 0 bridgehead atoms. The lowest BCUT2D eigenvalue weighted by Gasteiger charge is -2.08. The van der Waals surface area contributed by atoms with E-state index in [1.807, 2.05) is 19.1 Å². The van der Waals surface area contributed by atoms with E-state index < -0.39 is 5.97 Å². The molecule has 0 fully saturated rings. The van der Waals surface area contributed by atoms with E-state index in [4.69, 9.17) is 21.2 Å². The SMILES string of the molecule is CC(CC(=O)O)c1ccc2onc(Cl)c2c1. The highest BCUT2D eigenvalue weighted by atomic mass is 35.5. The summed E-state index contributed by atoms with van der Waals surface area (Å²) in [5.41, 5.74) is 1.52. The van der Waals surface area contributed by atoms with Crippen molar-refractivity contribution in [3.8, 4) is 0 Å². The first-order valence-corrected chi connectivity index (χ1v) is 5.22. The molecule has 0 radical (unpaired) electrons. The maximum atomic E-state index is 10.6. The van der Waals surface area contributed by atoms with Gasteiger partial charge in [-0.25, -0.2) is 0 Å². The minimum absolute atomic E-state index is 0.0622. The number of hydrogen-bond acceptors (Lipinski definition) is 3. The van der Waals surface area contributed by atoms with Crippen molar-refractivity contribution < 1.29 is 14.4 Å². The standard InChI is InChI=1S/C11H10ClNO3/c1-6(4-10(14)15)7-2-3-9-8(5-7)11(12)13-16-9/h2-3,5-6H,4H2,1H3,(H,14,15). The normalized spacial score (nSPS) is 12.9. The van der Waals surface area contributed by atoms with Crippen LogP contribution in [0, 0.1) is 0 Å². The Hall–Kier alpha value is -1.55. The van der Waals surface area contributed by atoms with Crippen molar-refractivity contribution in [3.05, 3.63) is 28.9 Å². The molecule has 5 heteroatoms. The molecule has 1 aromatic carbocycles. The summed E-state index contributed by atoms with van der Waals surface area (Å²) >= 11 is 5.83. The van der Waals surface area contributed by atoms with Gasteiger partial charge in [-0.2, -0.15) is 0 Å². The number of carboxylic acids is 1. The Labute approximate surface area is 96.8 Å². The van der Waals surface area contributed by atoms with E-state index >= 15 is 0 Å². The summed E-state index contributed by atoms with van der Waals surface area (Å²) in [7, 11) is 0. The summed E-state index contributed by atoms with van der Waals surface area (Å²) in [4.78, 5) is 10.6. The second-order valence-corrected chi connectivity index (χ2v) is 4.09. The van der Waals surface area contributed by atoms with Crippen LogP contribution in [0.3, 0.4) is 0 Å². The maximum Gasteiger partial charge on any atom is 0.303 e. The Morgan fingerprint density at radius 3 is 3.06 bits per heavy atom. The fourth-order valence-corrected chi connectivity index (χ4v) is 1.80. The molecule has 0 aliphatic carbocycles. The maximum absolute atomic E-state index is 10.6. The number of rotatable bonds is 3. The summed E-state index contributed by atoms with van der Waals surface area (Å²) < 4.78 is 4.97. The fourth-order valence-electron chi connectivity index (χ4n) is 1.61. The van der Waals surface area contributed by atoms with Crippen LogP contribution in [0.15, 0.2) is 22.7 Å². The van der Waals surface area contributed by atoms with Gasteiger partial charge in [0.2, 0.25) is 0 Å². The molecule has 16 heavy (non-hydrogen) atoms. The molecule has 4 nitrogen and oxygen atoms in total. The lowest BCUT2D eigenvalue weighted by atomic mass is 9.97. The van der Waals surface area contributed by atoms with Gasteiger partial charge in [-0.05, 0) is 23.6 Å².